The predicted octanol–water partition coefficient (Wildman–Crippen LogP) is 4.38. The maximum absolute atomic E-state index is 11.9. The van der Waals surface area contributed by atoms with Crippen LogP contribution in [0.2, 0.25) is 10.0 Å². The number of urea groups is 1. The van der Waals surface area contributed by atoms with Crippen molar-refractivity contribution in [1.29, 1.82) is 10.5 Å². The number of rotatable bonds is 2. The molecule has 0 aliphatic heterocycles. The number of benzene rings is 2. The fraction of sp³-hybridized carbons (Fsp3) is 0. The Balaban J connectivity index is 2.11. The van der Waals surface area contributed by atoms with Gasteiger partial charge in [-0.15, -0.1) is 0 Å². The largest absolute Gasteiger partial charge is 0.323 e. The quantitative estimate of drug-likeness (QED) is 0.856. The van der Waals surface area contributed by atoms with Gasteiger partial charge in [0, 0.05) is 0 Å². The van der Waals surface area contributed by atoms with E-state index in [0.717, 1.165) is 0 Å². The van der Waals surface area contributed by atoms with Gasteiger partial charge in [-0.25, -0.2) is 4.79 Å². The number of carbonyl (C=O) groups is 1. The highest BCUT2D eigenvalue weighted by Crippen LogP contribution is 2.25. The van der Waals surface area contributed by atoms with E-state index in [-0.39, 0.29) is 10.0 Å². The molecule has 7 heteroatoms. The molecule has 22 heavy (non-hydrogen) atoms. The minimum absolute atomic E-state index is 0.250. The molecule has 2 aromatic carbocycles. The zero-order valence-corrected chi connectivity index (χ0v) is 12.5. The lowest BCUT2D eigenvalue weighted by Gasteiger charge is -2.10. The fourth-order valence-electron chi connectivity index (χ4n) is 1.65. The predicted molar refractivity (Wildman–Crippen MR) is 85.0 cm³/mol. The Morgan fingerprint density at radius 2 is 1.27 bits per heavy atom. The van der Waals surface area contributed by atoms with Crippen molar-refractivity contribution in [1.82, 2.24) is 0 Å². The normalized spacial score (nSPS) is 9.45. The van der Waals surface area contributed by atoms with Crippen LogP contribution in [0.5, 0.6) is 0 Å². The fourth-order valence-corrected chi connectivity index (χ4v) is 2.10. The summed E-state index contributed by atoms with van der Waals surface area (Å²) in [5.41, 5.74) is 1.52. The lowest BCUT2D eigenvalue weighted by Crippen LogP contribution is -2.19. The van der Waals surface area contributed by atoms with Gasteiger partial charge < -0.3 is 10.6 Å². The molecule has 0 spiro atoms. The van der Waals surface area contributed by atoms with Gasteiger partial charge >= 0.3 is 6.03 Å². The van der Waals surface area contributed by atoms with Crippen LogP contribution in [-0.2, 0) is 0 Å². The Bertz CT molecular complexity index is 754. The van der Waals surface area contributed by atoms with Gasteiger partial charge in [0.05, 0.1) is 44.7 Å². The monoisotopic (exact) mass is 330 g/mol. The highest BCUT2D eigenvalue weighted by atomic mass is 35.5. The van der Waals surface area contributed by atoms with E-state index in [2.05, 4.69) is 10.6 Å². The second kappa shape index (κ2) is 6.82. The maximum Gasteiger partial charge on any atom is 0.323 e. The summed E-state index contributed by atoms with van der Waals surface area (Å²) in [7, 11) is 0. The number of amides is 2. The van der Waals surface area contributed by atoms with Crippen molar-refractivity contribution in [2.45, 2.75) is 0 Å². The summed E-state index contributed by atoms with van der Waals surface area (Å²) in [4.78, 5) is 11.9. The van der Waals surface area contributed by atoms with Crippen molar-refractivity contribution in [3.63, 3.8) is 0 Å². The molecule has 108 valence electrons. The summed E-state index contributed by atoms with van der Waals surface area (Å²) in [6.07, 6.45) is 0. The summed E-state index contributed by atoms with van der Waals surface area (Å²) in [6, 6.07) is 12.4. The minimum Gasteiger partial charge on any atom is -0.306 e. The molecule has 0 saturated heterocycles. The third-order valence-corrected chi connectivity index (χ3v) is 3.32. The summed E-state index contributed by atoms with van der Waals surface area (Å²) in [5.74, 6) is 0. The zero-order valence-electron chi connectivity index (χ0n) is 11.0. The molecule has 0 heterocycles. The van der Waals surface area contributed by atoms with Crippen LogP contribution >= 0.6 is 23.2 Å². The molecule has 0 radical (unpaired) electrons. The second-order valence-electron chi connectivity index (χ2n) is 4.19. The second-order valence-corrected chi connectivity index (χ2v) is 5.01. The molecule has 0 bridgehead atoms. The molecule has 2 rings (SSSR count). The van der Waals surface area contributed by atoms with Crippen LogP contribution < -0.4 is 10.6 Å². The topological polar surface area (TPSA) is 88.7 Å². The van der Waals surface area contributed by atoms with Gasteiger partial charge in [-0.3, -0.25) is 0 Å². The van der Waals surface area contributed by atoms with Crippen molar-refractivity contribution in [3.8, 4) is 12.1 Å². The number of hydrogen-bond acceptors (Lipinski definition) is 3. The van der Waals surface area contributed by atoms with Crippen molar-refractivity contribution in [2.75, 3.05) is 10.6 Å². The van der Waals surface area contributed by atoms with Crippen LogP contribution in [0.15, 0.2) is 36.4 Å². The van der Waals surface area contributed by atoms with Crippen LogP contribution in [0.4, 0.5) is 16.2 Å². The van der Waals surface area contributed by atoms with E-state index in [1.165, 1.54) is 36.4 Å². The summed E-state index contributed by atoms with van der Waals surface area (Å²) in [5, 5.41) is 23.1. The van der Waals surface area contributed by atoms with Crippen molar-refractivity contribution in [3.05, 3.63) is 57.6 Å². The van der Waals surface area contributed by atoms with Crippen molar-refractivity contribution in [2.24, 2.45) is 0 Å². The van der Waals surface area contributed by atoms with E-state index >= 15 is 0 Å². The molecular formula is C15H8Cl2N4O. The van der Waals surface area contributed by atoms with Crippen molar-refractivity contribution >= 4 is 40.6 Å². The first-order chi connectivity index (χ1) is 10.5. The Morgan fingerprint density at radius 1 is 0.864 bits per heavy atom. The van der Waals surface area contributed by atoms with Gasteiger partial charge in [0.25, 0.3) is 0 Å². The van der Waals surface area contributed by atoms with Gasteiger partial charge in [-0.2, -0.15) is 10.5 Å². The Labute approximate surface area is 136 Å². The molecule has 0 atom stereocenters. The Hall–Kier alpha value is -2.73. The smallest absolute Gasteiger partial charge is 0.306 e. The molecule has 0 aliphatic carbocycles. The van der Waals surface area contributed by atoms with Gasteiger partial charge in [0.1, 0.15) is 0 Å². The van der Waals surface area contributed by atoms with Gasteiger partial charge in [-0.1, -0.05) is 23.2 Å². The highest BCUT2D eigenvalue weighted by Gasteiger charge is 2.09. The Kier molecular flexibility index (Phi) is 4.85. The first-order valence-corrected chi connectivity index (χ1v) is 6.76. The van der Waals surface area contributed by atoms with Crippen molar-refractivity contribution < 1.29 is 4.79 Å². The minimum atomic E-state index is -0.543. The third kappa shape index (κ3) is 3.67. The number of carbonyl (C=O) groups excluding carboxylic acids is 1. The average molecular weight is 331 g/mol. The Morgan fingerprint density at radius 3 is 1.59 bits per heavy atom. The van der Waals surface area contributed by atoms with Gasteiger partial charge in [-0.05, 0) is 36.4 Å². The van der Waals surface area contributed by atoms with Crippen LogP contribution in [0.25, 0.3) is 0 Å². The highest BCUT2D eigenvalue weighted by molar-refractivity contribution is 6.35. The molecule has 0 aromatic heterocycles. The number of halogens is 2. The van der Waals surface area contributed by atoms with Crippen LogP contribution in [-0.4, -0.2) is 6.03 Å². The molecule has 2 aromatic rings. The first kappa shape index (κ1) is 15.7. The summed E-state index contributed by atoms with van der Waals surface area (Å²) in [6.45, 7) is 0. The van der Waals surface area contributed by atoms with Gasteiger partial charge in [0.2, 0.25) is 0 Å². The zero-order chi connectivity index (χ0) is 16.1. The van der Waals surface area contributed by atoms with Gasteiger partial charge in [0.15, 0.2) is 0 Å². The summed E-state index contributed by atoms with van der Waals surface area (Å²) >= 11 is 11.9. The number of nitrogens with zero attached hydrogens (tertiary/aromatic N) is 2. The van der Waals surface area contributed by atoms with E-state index < -0.39 is 6.03 Å². The van der Waals surface area contributed by atoms with E-state index in [1.807, 2.05) is 12.1 Å². The number of hydrogen-bond donors (Lipinski definition) is 2. The molecule has 2 N–H and O–H groups in total. The van der Waals surface area contributed by atoms with E-state index in [0.29, 0.717) is 22.5 Å². The molecule has 2 amide bonds. The molecule has 0 fully saturated rings. The maximum atomic E-state index is 11.9. The van der Waals surface area contributed by atoms with Crippen LogP contribution in [0.3, 0.4) is 0 Å². The number of anilines is 2. The van der Waals surface area contributed by atoms with E-state index in [4.69, 9.17) is 33.7 Å². The number of nitriles is 2. The molecule has 0 aliphatic rings. The third-order valence-electron chi connectivity index (χ3n) is 2.69. The molecule has 0 unspecified atom stereocenters. The lowest BCUT2D eigenvalue weighted by molar-refractivity contribution is 0.262. The number of nitrogens with one attached hydrogen (secondary N) is 2. The lowest BCUT2D eigenvalue weighted by atomic mass is 10.2. The average Bonchev–Trinajstić information content (AvgIpc) is 2.51. The molecule has 5 nitrogen and oxygen atoms in total. The molecular weight excluding hydrogens is 323 g/mol. The van der Waals surface area contributed by atoms with Crippen LogP contribution in [0.1, 0.15) is 11.1 Å². The van der Waals surface area contributed by atoms with E-state index in [9.17, 15) is 4.79 Å². The SMILES string of the molecule is N#Cc1ccc(NC(=O)Nc2ccc(C#N)cc2Cl)c(Cl)c1. The van der Waals surface area contributed by atoms with E-state index in [1.54, 1.807) is 0 Å². The first-order valence-electron chi connectivity index (χ1n) is 6.01. The summed E-state index contributed by atoms with van der Waals surface area (Å²) < 4.78 is 0. The standard InChI is InChI=1S/C15H8Cl2N4O/c16-11-5-9(7-18)1-3-13(11)20-15(22)21-14-4-2-10(8-19)6-12(14)17/h1-6H,(H2,20,21,22). The molecule has 0 saturated carbocycles. The van der Waals surface area contributed by atoms with Crippen LogP contribution in [0, 0.1) is 22.7 Å².